The molecule has 4 nitrogen and oxygen atoms in total. The van der Waals surface area contributed by atoms with Crippen molar-refractivity contribution in [1.29, 1.82) is 0 Å². The maximum atomic E-state index is 12.1. The molecule has 0 amide bonds. The number of carbonyl (C=O) groups is 1. The first-order chi connectivity index (χ1) is 13.9. The highest BCUT2D eigenvalue weighted by molar-refractivity contribution is 6.75. The van der Waals surface area contributed by atoms with Crippen molar-refractivity contribution in [3.8, 4) is 11.5 Å². The normalized spacial score (nSPS) is 13.7. The van der Waals surface area contributed by atoms with Crippen LogP contribution in [0.15, 0.2) is 29.8 Å². The van der Waals surface area contributed by atoms with Gasteiger partial charge in [-0.25, -0.2) is 4.79 Å². The number of benzene rings is 1. The number of esters is 1. The van der Waals surface area contributed by atoms with Crippen molar-refractivity contribution in [3.63, 3.8) is 0 Å². The topological polar surface area (TPSA) is 44.8 Å². The maximum Gasteiger partial charge on any atom is 0.333 e. The van der Waals surface area contributed by atoms with Gasteiger partial charge in [-0.05, 0) is 68.7 Å². The molecular weight excluding hydrogens is 420 g/mol. The van der Waals surface area contributed by atoms with Crippen LogP contribution in [0.1, 0.15) is 61.0 Å². The summed E-state index contributed by atoms with van der Waals surface area (Å²) in [5, 5.41) is 0.161. The summed E-state index contributed by atoms with van der Waals surface area (Å²) in [5.74, 6) is 1.43. The fraction of sp³-hybridized carbons (Fsp3) is 0.640. The largest absolute Gasteiger partial charge is 0.543 e. The van der Waals surface area contributed by atoms with Crippen molar-refractivity contribution in [2.24, 2.45) is 0 Å². The summed E-state index contributed by atoms with van der Waals surface area (Å²) in [6, 6.07) is 6.07. The molecule has 176 valence electrons. The second-order valence-corrected chi connectivity index (χ2v) is 20.7. The van der Waals surface area contributed by atoms with Crippen LogP contribution in [0.4, 0.5) is 0 Å². The fourth-order valence-electron chi connectivity index (χ4n) is 2.38. The SMILES string of the molecule is CCOC(=O)/C(C)=C/Cc1c(O[Si](C)(C)C(C)(C)C)cccc1O[Si](C)(C)C(C)(C)C. The minimum atomic E-state index is -2.04. The minimum Gasteiger partial charge on any atom is -0.543 e. The van der Waals surface area contributed by atoms with Crippen LogP contribution in [0.2, 0.25) is 36.3 Å². The Kier molecular flexibility index (Phi) is 8.82. The molecule has 0 fully saturated rings. The summed E-state index contributed by atoms with van der Waals surface area (Å²) in [4.78, 5) is 12.1. The van der Waals surface area contributed by atoms with Crippen LogP contribution in [0.25, 0.3) is 0 Å². The van der Waals surface area contributed by atoms with Gasteiger partial charge < -0.3 is 13.6 Å². The third-order valence-corrected chi connectivity index (χ3v) is 15.3. The predicted octanol–water partition coefficient (Wildman–Crippen LogP) is 7.51. The van der Waals surface area contributed by atoms with Gasteiger partial charge in [0, 0.05) is 11.1 Å². The molecule has 0 atom stereocenters. The van der Waals surface area contributed by atoms with Crippen LogP contribution in [0.3, 0.4) is 0 Å². The van der Waals surface area contributed by atoms with Crippen LogP contribution in [-0.2, 0) is 16.0 Å². The average molecular weight is 465 g/mol. The van der Waals surface area contributed by atoms with E-state index < -0.39 is 16.6 Å². The zero-order chi connectivity index (χ0) is 24.3. The van der Waals surface area contributed by atoms with E-state index in [2.05, 4.69) is 67.7 Å². The molecule has 0 N–H and O–H groups in total. The van der Waals surface area contributed by atoms with Gasteiger partial charge in [-0.2, -0.15) is 0 Å². The number of allylic oxidation sites excluding steroid dienone is 1. The highest BCUT2D eigenvalue weighted by Crippen LogP contribution is 2.42. The third-order valence-electron chi connectivity index (χ3n) is 6.64. The molecule has 1 aromatic rings. The Hall–Kier alpha value is -1.54. The smallest absolute Gasteiger partial charge is 0.333 e. The van der Waals surface area contributed by atoms with Crippen molar-refractivity contribution in [2.75, 3.05) is 6.61 Å². The standard InChI is InChI=1S/C25H44O4Si2/c1-13-27-23(26)19(2)17-18-20-21(28-30(9,10)24(3,4)5)15-14-16-22(20)29-31(11,12)25(6,7)8/h14-17H,13,18H2,1-12H3/b19-17+. The quantitative estimate of drug-likeness (QED) is 0.227. The Morgan fingerprint density at radius 1 is 0.903 bits per heavy atom. The molecule has 31 heavy (non-hydrogen) atoms. The second-order valence-electron chi connectivity index (χ2n) is 11.3. The van der Waals surface area contributed by atoms with Crippen LogP contribution in [-0.4, -0.2) is 29.2 Å². The molecule has 0 radical (unpaired) electrons. The summed E-state index contributed by atoms with van der Waals surface area (Å²) in [6.07, 6.45) is 2.48. The van der Waals surface area contributed by atoms with Crippen molar-refractivity contribution in [1.82, 2.24) is 0 Å². The predicted molar refractivity (Wildman–Crippen MR) is 136 cm³/mol. The summed E-state index contributed by atoms with van der Waals surface area (Å²) >= 11 is 0. The number of rotatable bonds is 8. The Bertz CT molecular complexity index is 750. The van der Waals surface area contributed by atoms with Crippen molar-refractivity contribution in [2.45, 2.75) is 98.1 Å². The van der Waals surface area contributed by atoms with E-state index in [0.29, 0.717) is 18.6 Å². The zero-order valence-electron chi connectivity index (χ0n) is 21.9. The van der Waals surface area contributed by atoms with E-state index in [9.17, 15) is 4.79 Å². The molecule has 0 heterocycles. The van der Waals surface area contributed by atoms with Crippen molar-refractivity contribution >= 4 is 22.6 Å². The van der Waals surface area contributed by atoms with Gasteiger partial charge in [-0.15, -0.1) is 0 Å². The third kappa shape index (κ3) is 7.24. The zero-order valence-corrected chi connectivity index (χ0v) is 23.9. The van der Waals surface area contributed by atoms with Gasteiger partial charge >= 0.3 is 5.97 Å². The van der Waals surface area contributed by atoms with E-state index in [1.54, 1.807) is 6.92 Å². The first-order valence-electron chi connectivity index (χ1n) is 11.3. The van der Waals surface area contributed by atoms with E-state index in [1.165, 1.54) is 0 Å². The number of hydrogen-bond donors (Lipinski definition) is 0. The lowest BCUT2D eigenvalue weighted by Gasteiger charge is -2.39. The van der Waals surface area contributed by atoms with Crippen molar-refractivity contribution in [3.05, 3.63) is 35.4 Å². The number of carbonyl (C=O) groups excluding carboxylic acids is 1. The van der Waals surface area contributed by atoms with E-state index in [-0.39, 0.29) is 16.0 Å². The van der Waals surface area contributed by atoms with E-state index in [4.69, 9.17) is 13.6 Å². The molecule has 6 heteroatoms. The molecule has 0 unspecified atom stereocenters. The summed E-state index contributed by atoms with van der Waals surface area (Å²) < 4.78 is 18.6. The molecule has 0 aliphatic carbocycles. The average Bonchev–Trinajstić information content (AvgIpc) is 2.58. The maximum absolute atomic E-state index is 12.1. The van der Waals surface area contributed by atoms with Crippen molar-refractivity contribution < 1.29 is 18.4 Å². The molecule has 0 aliphatic rings. The number of ether oxygens (including phenoxy) is 1. The second kappa shape index (κ2) is 9.94. The molecule has 0 saturated carbocycles. The first-order valence-corrected chi connectivity index (χ1v) is 17.1. The molecule has 0 aromatic heterocycles. The monoisotopic (exact) mass is 464 g/mol. The summed E-state index contributed by atoms with van der Waals surface area (Å²) in [7, 11) is -4.09. The Morgan fingerprint density at radius 3 is 1.68 bits per heavy atom. The van der Waals surface area contributed by atoms with Gasteiger partial charge in [0.05, 0.1) is 6.61 Å². The lowest BCUT2D eigenvalue weighted by Crippen LogP contribution is -2.45. The van der Waals surface area contributed by atoms with E-state index >= 15 is 0 Å². The van der Waals surface area contributed by atoms with Gasteiger partial charge in [0.1, 0.15) is 11.5 Å². The highest BCUT2D eigenvalue weighted by atomic mass is 28.4. The first kappa shape index (κ1) is 27.5. The molecule has 1 aromatic carbocycles. The molecule has 0 spiro atoms. The van der Waals surface area contributed by atoms with E-state index in [1.807, 2.05) is 31.2 Å². The Labute approximate surface area is 192 Å². The highest BCUT2D eigenvalue weighted by Gasteiger charge is 2.41. The molecule has 0 aliphatic heterocycles. The molecule has 0 saturated heterocycles. The van der Waals surface area contributed by atoms with Gasteiger partial charge in [0.15, 0.2) is 0 Å². The Morgan fingerprint density at radius 2 is 1.32 bits per heavy atom. The molecular formula is C25H44O4Si2. The van der Waals surface area contributed by atoms with Gasteiger partial charge in [0.25, 0.3) is 0 Å². The number of hydrogen-bond acceptors (Lipinski definition) is 4. The fourth-order valence-corrected chi connectivity index (χ4v) is 4.47. The van der Waals surface area contributed by atoms with Crippen LogP contribution in [0, 0.1) is 0 Å². The van der Waals surface area contributed by atoms with Crippen LogP contribution >= 0.6 is 0 Å². The summed E-state index contributed by atoms with van der Waals surface area (Å²) in [5.41, 5.74) is 1.60. The lowest BCUT2D eigenvalue weighted by atomic mass is 10.1. The minimum absolute atomic E-state index is 0.0806. The molecule has 0 bridgehead atoms. The van der Waals surface area contributed by atoms with Crippen LogP contribution in [0.5, 0.6) is 11.5 Å². The van der Waals surface area contributed by atoms with Gasteiger partial charge in [-0.3, -0.25) is 0 Å². The molecule has 1 rings (SSSR count). The lowest BCUT2D eigenvalue weighted by molar-refractivity contribution is -0.138. The summed E-state index contributed by atoms with van der Waals surface area (Å²) in [6.45, 7) is 26.4. The Balaban J connectivity index is 3.48. The van der Waals surface area contributed by atoms with Gasteiger partial charge in [-0.1, -0.05) is 53.7 Å². The van der Waals surface area contributed by atoms with Gasteiger partial charge in [0.2, 0.25) is 16.6 Å². The van der Waals surface area contributed by atoms with Crippen LogP contribution < -0.4 is 8.85 Å². The van der Waals surface area contributed by atoms with E-state index in [0.717, 1.165) is 17.1 Å².